The number of hydrogen-bond donors (Lipinski definition) is 1. The van der Waals surface area contributed by atoms with Crippen molar-refractivity contribution in [2.45, 2.75) is 13.2 Å². The van der Waals surface area contributed by atoms with Crippen LogP contribution in [0.3, 0.4) is 0 Å². The Morgan fingerprint density at radius 3 is 2.60 bits per heavy atom. The molecule has 0 aliphatic rings. The maximum Gasteiger partial charge on any atom is 0.218 e. The number of pyridine rings is 1. The van der Waals surface area contributed by atoms with Gasteiger partial charge in [0.05, 0.1) is 14.2 Å². The number of nitrogens with zero attached hydrogens (tertiary/aromatic N) is 1. The molecule has 1 aromatic heterocycles. The van der Waals surface area contributed by atoms with Crippen LogP contribution in [0.2, 0.25) is 0 Å². The van der Waals surface area contributed by atoms with E-state index in [9.17, 15) is 0 Å². The van der Waals surface area contributed by atoms with Gasteiger partial charge in [0.25, 0.3) is 0 Å². The predicted octanol–water partition coefficient (Wildman–Crippen LogP) is 2.14. The zero-order valence-electron chi connectivity index (χ0n) is 11.6. The molecule has 1 aromatic carbocycles. The van der Waals surface area contributed by atoms with E-state index >= 15 is 0 Å². The maximum atomic E-state index is 5.70. The molecule has 0 aliphatic heterocycles. The molecule has 106 valence electrons. The van der Waals surface area contributed by atoms with Crippen molar-refractivity contribution < 1.29 is 14.2 Å². The van der Waals surface area contributed by atoms with E-state index in [1.165, 1.54) is 0 Å². The van der Waals surface area contributed by atoms with Gasteiger partial charge in [-0.25, -0.2) is 4.98 Å². The molecule has 0 fully saturated rings. The lowest BCUT2D eigenvalue weighted by Crippen LogP contribution is -2.04. The summed E-state index contributed by atoms with van der Waals surface area (Å²) >= 11 is 0. The fraction of sp³-hybridized carbons (Fsp3) is 0.267. The van der Waals surface area contributed by atoms with Gasteiger partial charge >= 0.3 is 0 Å². The van der Waals surface area contributed by atoms with Crippen molar-refractivity contribution in [2.24, 2.45) is 5.73 Å². The van der Waals surface area contributed by atoms with Crippen LogP contribution in [0, 0.1) is 0 Å². The molecule has 0 radical (unpaired) electrons. The first-order chi connectivity index (χ1) is 9.78. The second kappa shape index (κ2) is 6.77. The number of ether oxygens (including phenoxy) is 3. The molecule has 1 heterocycles. The number of nitrogens with two attached hydrogens (primary N) is 1. The minimum atomic E-state index is 0.393. The largest absolute Gasteiger partial charge is 0.493 e. The molecule has 2 rings (SSSR count). The lowest BCUT2D eigenvalue weighted by molar-refractivity contribution is 0.289. The first kappa shape index (κ1) is 14.1. The van der Waals surface area contributed by atoms with Gasteiger partial charge in [0.15, 0.2) is 11.5 Å². The van der Waals surface area contributed by atoms with Crippen molar-refractivity contribution in [3.63, 3.8) is 0 Å². The summed E-state index contributed by atoms with van der Waals surface area (Å²) in [4.78, 5) is 4.18. The molecule has 20 heavy (non-hydrogen) atoms. The van der Waals surface area contributed by atoms with Crippen LogP contribution in [0.15, 0.2) is 36.5 Å². The summed E-state index contributed by atoms with van der Waals surface area (Å²) in [7, 11) is 3.21. The molecule has 0 saturated carbocycles. The molecule has 2 N–H and O–H groups in total. The Morgan fingerprint density at radius 1 is 1.10 bits per heavy atom. The summed E-state index contributed by atoms with van der Waals surface area (Å²) in [6.07, 6.45) is 1.68. The van der Waals surface area contributed by atoms with E-state index in [1.807, 2.05) is 30.3 Å². The highest BCUT2D eigenvalue weighted by Gasteiger charge is 2.07. The van der Waals surface area contributed by atoms with Crippen molar-refractivity contribution in [1.29, 1.82) is 0 Å². The normalized spacial score (nSPS) is 10.2. The molecule has 0 amide bonds. The van der Waals surface area contributed by atoms with Crippen LogP contribution in [0.25, 0.3) is 0 Å². The van der Waals surface area contributed by atoms with Gasteiger partial charge in [-0.2, -0.15) is 0 Å². The second-order valence-electron chi connectivity index (χ2n) is 4.15. The van der Waals surface area contributed by atoms with Crippen molar-refractivity contribution in [3.8, 4) is 17.4 Å². The molecule has 0 aliphatic carbocycles. The van der Waals surface area contributed by atoms with Gasteiger partial charge in [-0.1, -0.05) is 12.1 Å². The molecule has 0 bridgehead atoms. The number of benzene rings is 1. The number of rotatable bonds is 6. The van der Waals surface area contributed by atoms with Crippen LogP contribution in [0.5, 0.6) is 17.4 Å². The van der Waals surface area contributed by atoms with E-state index < -0.39 is 0 Å². The van der Waals surface area contributed by atoms with Gasteiger partial charge in [-0.15, -0.1) is 0 Å². The van der Waals surface area contributed by atoms with Gasteiger partial charge in [0, 0.05) is 18.3 Å². The quantitative estimate of drug-likeness (QED) is 0.874. The van der Waals surface area contributed by atoms with Crippen LogP contribution >= 0.6 is 0 Å². The van der Waals surface area contributed by atoms with Crippen LogP contribution in [-0.4, -0.2) is 19.2 Å². The zero-order chi connectivity index (χ0) is 14.4. The van der Waals surface area contributed by atoms with E-state index in [2.05, 4.69) is 4.98 Å². The summed E-state index contributed by atoms with van der Waals surface area (Å²) < 4.78 is 16.2. The minimum absolute atomic E-state index is 0.393. The van der Waals surface area contributed by atoms with E-state index in [-0.39, 0.29) is 0 Å². The zero-order valence-corrected chi connectivity index (χ0v) is 11.6. The fourth-order valence-electron chi connectivity index (χ4n) is 1.83. The first-order valence-electron chi connectivity index (χ1n) is 6.26. The number of methoxy groups -OCH3 is 2. The number of aromatic nitrogens is 1. The highest BCUT2D eigenvalue weighted by Crippen LogP contribution is 2.28. The Kier molecular flexibility index (Phi) is 4.79. The average Bonchev–Trinajstić information content (AvgIpc) is 2.52. The van der Waals surface area contributed by atoms with Gasteiger partial charge in [0.1, 0.15) is 6.61 Å². The highest BCUT2D eigenvalue weighted by molar-refractivity contribution is 5.42. The monoisotopic (exact) mass is 274 g/mol. The van der Waals surface area contributed by atoms with E-state index in [4.69, 9.17) is 19.9 Å². The molecule has 0 unspecified atom stereocenters. The topological polar surface area (TPSA) is 66.6 Å². The summed E-state index contributed by atoms with van der Waals surface area (Å²) in [6.45, 7) is 0.791. The maximum absolute atomic E-state index is 5.70. The van der Waals surface area contributed by atoms with Gasteiger partial charge in [0.2, 0.25) is 5.88 Å². The fourth-order valence-corrected chi connectivity index (χ4v) is 1.83. The van der Waals surface area contributed by atoms with E-state index in [0.29, 0.717) is 30.5 Å². The Morgan fingerprint density at radius 2 is 1.90 bits per heavy atom. The third kappa shape index (κ3) is 3.19. The lowest BCUT2D eigenvalue weighted by Gasteiger charge is -2.11. The molecular weight excluding hydrogens is 256 g/mol. The van der Waals surface area contributed by atoms with Crippen LogP contribution in [-0.2, 0) is 13.2 Å². The summed E-state index contributed by atoms with van der Waals surface area (Å²) in [5, 5.41) is 0. The van der Waals surface area contributed by atoms with E-state index in [1.54, 1.807) is 20.4 Å². The summed E-state index contributed by atoms with van der Waals surface area (Å²) in [6, 6.07) is 9.39. The third-order valence-corrected chi connectivity index (χ3v) is 2.89. The van der Waals surface area contributed by atoms with Crippen molar-refractivity contribution in [3.05, 3.63) is 47.7 Å². The number of hydrogen-bond acceptors (Lipinski definition) is 5. The van der Waals surface area contributed by atoms with Crippen molar-refractivity contribution in [1.82, 2.24) is 4.98 Å². The predicted molar refractivity (Wildman–Crippen MR) is 76.0 cm³/mol. The van der Waals surface area contributed by atoms with Gasteiger partial charge < -0.3 is 19.9 Å². The second-order valence-corrected chi connectivity index (χ2v) is 4.15. The standard InChI is InChI=1S/C15H18N2O3/c1-18-13-6-5-11(8-14(13)19-2)10-20-15-12(9-16)4-3-7-17-15/h3-8H,9-10,16H2,1-2H3. The molecule has 2 aromatic rings. The van der Waals surface area contributed by atoms with Crippen molar-refractivity contribution >= 4 is 0 Å². The minimum Gasteiger partial charge on any atom is -0.493 e. The third-order valence-electron chi connectivity index (χ3n) is 2.89. The SMILES string of the molecule is COc1ccc(COc2ncccc2CN)cc1OC. The molecular formula is C15H18N2O3. The Labute approximate surface area is 118 Å². The first-order valence-corrected chi connectivity index (χ1v) is 6.26. The molecule has 5 nitrogen and oxygen atoms in total. The van der Waals surface area contributed by atoms with Gasteiger partial charge in [-0.3, -0.25) is 0 Å². The van der Waals surface area contributed by atoms with Crippen LogP contribution in [0.4, 0.5) is 0 Å². The highest BCUT2D eigenvalue weighted by atomic mass is 16.5. The Bertz CT molecular complexity index is 573. The molecule has 0 saturated heterocycles. The molecule has 0 atom stereocenters. The molecule has 5 heteroatoms. The molecule has 0 spiro atoms. The summed E-state index contributed by atoms with van der Waals surface area (Å²) in [5.41, 5.74) is 7.50. The van der Waals surface area contributed by atoms with Crippen molar-refractivity contribution in [2.75, 3.05) is 14.2 Å². The van der Waals surface area contributed by atoms with E-state index in [0.717, 1.165) is 11.1 Å². The average molecular weight is 274 g/mol. The summed E-state index contributed by atoms with van der Waals surface area (Å²) in [5.74, 6) is 1.93. The lowest BCUT2D eigenvalue weighted by atomic mass is 10.2. The van der Waals surface area contributed by atoms with Gasteiger partial charge in [-0.05, 0) is 23.8 Å². The Hall–Kier alpha value is -2.27. The Balaban J connectivity index is 2.11. The van der Waals surface area contributed by atoms with Crippen LogP contribution in [0.1, 0.15) is 11.1 Å². The smallest absolute Gasteiger partial charge is 0.218 e. The van der Waals surface area contributed by atoms with Crippen LogP contribution < -0.4 is 19.9 Å².